The summed E-state index contributed by atoms with van der Waals surface area (Å²) in [5.74, 6) is -1.34. The SMILES string of the molecule is C=CCOc1ccccc1C(=O)NCC(CCC)C(=O)O. The molecule has 0 spiro atoms. The van der Waals surface area contributed by atoms with Crippen molar-refractivity contribution in [3.05, 3.63) is 42.5 Å². The van der Waals surface area contributed by atoms with Crippen LogP contribution in [0.5, 0.6) is 5.75 Å². The first-order chi connectivity index (χ1) is 10.1. The van der Waals surface area contributed by atoms with E-state index in [4.69, 9.17) is 9.84 Å². The van der Waals surface area contributed by atoms with Crippen LogP contribution in [0.15, 0.2) is 36.9 Å². The summed E-state index contributed by atoms with van der Waals surface area (Å²) in [6, 6.07) is 6.84. The molecule has 0 heterocycles. The Bertz CT molecular complexity index is 499. The Morgan fingerprint density at radius 1 is 1.43 bits per heavy atom. The molecule has 1 aromatic carbocycles. The number of amides is 1. The van der Waals surface area contributed by atoms with Crippen molar-refractivity contribution in [2.24, 2.45) is 5.92 Å². The first-order valence-corrected chi connectivity index (χ1v) is 6.93. The Morgan fingerprint density at radius 2 is 2.14 bits per heavy atom. The van der Waals surface area contributed by atoms with Gasteiger partial charge in [-0.25, -0.2) is 0 Å². The predicted octanol–water partition coefficient (Wildman–Crippen LogP) is 2.48. The van der Waals surface area contributed by atoms with Crippen LogP contribution < -0.4 is 10.1 Å². The summed E-state index contributed by atoms with van der Waals surface area (Å²) in [4.78, 5) is 23.2. The van der Waals surface area contributed by atoms with Gasteiger partial charge < -0.3 is 15.2 Å². The number of carbonyl (C=O) groups is 2. The number of aliphatic carboxylic acids is 1. The summed E-state index contributed by atoms with van der Waals surface area (Å²) < 4.78 is 5.41. The van der Waals surface area contributed by atoms with Gasteiger partial charge in [0.2, 0.25) is 0 Å². The van der Waals surface area contributed by atoms with Crippen molar-refractivity contribution >= 4 is 11.9 Å². The van der Waals surface area contributed by atoms with Crippen molar-refractivity contribution < 1.29 is 19.4 Å². The van der Waals surface area contributed by atoms with Crippen LogP contribution in [0.2, 0.25) is 0 Å². The third-order valence-corrected chi connectivity index (χ3v) is 2.98. The number of nitrogens with one attached hydrogen (secondary N) is 1. The summed E-state index contributed by atoms with van der Waals surface area (Å²) in [5.41, 5.74) is 0.389. The Hall–Kier alpha value is -2.30. The Morgan fingerprint density at radius 3 is 2.76 bits per heavy atom. The second-order valence-electron chi connectivity index (χ2n) is 4.63. The summed E-state index contributed by atoms with van der Waals surface area (Å²) in [6.07, 6.45) is 2.88. The van der Waals surface area contributed by atoms with Crippen LogP contribution in [0.3, 0.4) is 0 Å². The third-order valence-electron chi connectivity index (χ3n) is 2.98. The van der Waals surface area contributed by atoms with Crippen molar-refractivity contribution in [1.82, 2.24) is 5.32 Å². The van der Waals surface area contributed by atoms with Gasteiger partial charge in [-0.1, -0.05) is 38.1 Å². The van der Waals surface area contributed by atoms with Crippen LogP contribution >= 0.6 is 0 Å². The summed E-state index contributed by atoms with van der Waals surface area (Å²) >= 11 is 0. The number of rotatable bonds is 9. The summed E-state index contributed by atoms with van der Waals surface area (Å²) in [5, 5.41) is 11.7. The van der Waals surface area contributed by atoms with Crippen molar-refractivity contribution in [1.29, 1.82) is 0 Å². The van der Waals surface area contributed by atoms with Crippen molar-refractivity contribution in [3.8, 4) is 5.75 Å². The largest absolute Gasteiger partial charge is 0.489 e. The van der Waals surface area contributed by atoms with Crippen LogP contribution in [0, 0.1) is 5.92 Å². The zero-order chi connectivity index (χ0) is 15.7. The van der Waals surface area contributed by atoms with E-state index in [-0.39, 0.29) is 12.5 Å². The average Bonchev–Trinajstić information content (AvgIpc) is 2.49. The van der Waals surface area contributed by atoms with Gasteiger partial charge in [0.25, 0.3) is 5.91 Å². The summed E-state index contributed by atoms with van der Waals surface area (Å²) in [6.45, 7) is 5.88. The van der Waals surface area contributed by atoms with Crippen molar-refractivity contribution in [2.45, 2.75) is 19.8 Å². The molecule has 2 N–H and O–H groups in total. The molecule has 5 heteroatoms. The average molecular weight is 291 g/mol. The molecule has 0 aliphatic carbocycles. The lowest BCUT2D eigenvalue weighted by atomic mass is 10.0. The lowest BCUT2D eigenvalue weighted by molar-refractivity contribution is -0.141. The van der Waals surface area contributed by atoms with Crippen molar-refractivity contribution in [3.63, 3.8) is 0 Å². The molecule has 5 nitrogen and oxygen atoms in total. The molecule has 1 rings (SSSR count). The molecule has 0 aromatic heterocycles. The molecule has 21 heavy (non-hydrogen) atoms. The fourth-order valence-corrected chi connectivity index (χ4v) is 1.90. The van der Waals surface area contributed by atoms with Crippen LogP contribution in [0.1, 0.15) is 30.1 Å². The highest BCUT2D eigenvalue weighted by molar-refractivity contribution is 5.97. The number of carboxylic acid groups (broad SMARTS) is 1. The Balaban J connectivity index is 2.70. The van der Waals surface area contributed by atoms with Gasteiger partial charge in [-0.05, 0) is 18.6 Å². The molecule has 0 fully saturated rings. The number of para-hydroxylation sites is 1. The molecule has 0 bridgehead atoms. The van der Waals surface area contributed by atoms with E-state index in [1.165, 1.54) is 0 Å². The van der Waals surface area contributed by atoms with Crippen LogP contribution in [-0.2, 0) is 4.79 Å². The number of carbonyl (C=O) groups excluding carboxylic acids is 1. The quantitative estimate of drug-likeness (QED) is 0.685. The predicted molar refractivity (Wildman–Crippen MR) is 80.5 cm³/mol. The van der Waals surface area contributed by atoms with Gasteiger partial charge in [-0.15, -0.1) is 0 Å². The van der Waals surface area contributed by atoms with E-state index in [1.54, 1.807) is 30.3 Å². The zero-order valence-corrected chi connectivity index (χ0v) is 12.2. The normalized spacial score (nSPS) is 11.5. The minimum atomic E-state index is -0.895. The highest BCUT2D eigenvalue weighted by atomic mass is 16.5. The fraction of sp³-hybridized carbons (Fsp3) is 0.375. The van der Waals surface area contributed by atoms with Gasteiger partial charge in [0.05, 0.1) is 11.5 Å². The van der Waals surface area contributed by atoms with Gasteiger partial charge >= 0.3 is 5.97 Å². The number of carboxylic acids is 1. The van der Waals surface area contributed by atoms with Gasteiger partial charge in [-0.2, -0.15) is 0 Å². The van der Waals surface area contributed by atoms with Gasteiger partial charge in [0, 0.05) is 6.54 Å². The van der Waals surface area contributed by atoms with Crippen LogP contribution in [0.4, 0.5) is 0 Å². The first kappa shape index (κ1) is 16.8. The van der Waals surface area contributed by atoms with Gasteiger partial charge in [0.15, 0.2) is 0 Å². The lowest BCUT2D eigenvalue weighted by Crippen LogP contribution is -2.33. The molecule has 0 saturated carbocycles. The van der Waals surface area contributed by atoms with E-state index >= 15 is 0 Å². The topological polar surface area (TPSA) is 75.6 Å². The van der Waals surface area contributed by atoms with Gasteiger partial charge in [0.1, 0.15) is 12.4 Å². The molecule has 1 atom stereocenters. The van der Waals surface area contributed by atoms with E-state index in [0.29, 0.717) is 24.3 Å². The second kappa shape index (κ2) is 8.79. The minimum Gasteiger partial charge on any atom is -0.489 e. The van der Waals surface area contributed by atoms with E-state index in [1.807, 2.05) is 6.92 Å². The minimum absolute atomic E-state index is 0.109. The van der Waals surface area contributed by atoms with E-state index in [0.717, 1.165) is 6.42 Å². The molecule has 114 valence electrons. The maximum atomic E-state index is 12.2. The molecule has 0 aliphatic rings. The molecule has 1 aromatic rings. The van der Waals surface area contributed by atoms with Gasteiger partial charge in [-0.3, -0.25) is 9.59 Å². The lowest BCUT2D eigenvalue weighted by Gasteiger charge is -2.14. The maximum Gasteiger partial charge on any atom is 0.308 e. The molecule has 0 aliphatic heterocycles. The zero-order valence-electron chi connectivity index (χ0n) is 12.2. The number of hydrogen-bond donors (Lipinski definition) is 2. The monoisotopic (exact) mass is 291 g/mol. The molecule has 1 amide bonds. The number of hydrogen-bond acceptors (Lipinski definition) is 3. The second-order valence-corrected chi connectivity index (χ2v) is 4.63. The first-order valence-electron chi connectivity index (χ1n) is 6.93. The fourth-order valence-electron chi connectivity index (χ4n) is 1.90. The molecule has 1 unspecified atom stereocenters. The third kappa shape index (κ3) is 5.30. The van der Waals surface area contributed by atoms with E-state index in [2.05, 4.69) is 11.9 Å². The Kier molecular flexibility index (Phi) is 7.01. The number of benzene rings is 1. The molecule has 0 saturated heterocycles. The highest BCUT2D eigenvalue weighted by Crippen LogP contribution is 2.18. The Labute approximate surface area is 124 Å². The van der Waals surface area contributed by atoms with Crippen LogP contribution in [-0.4, -0.2) is 30.1 Å². The van der Waals surface area contributed by atoms with E-state index in [9.17, 15) is 9.59 Å². The van der Waals surface area contributed by atoms with E-state index < -0.39 is 11.9 Å². The van der Waals surface area contributed by atoms with Crippen molar-refractivity contribution in [2.75, 3.05) is 13.2 Å². The molecular formula is C16H21NO4. The smallest absolute Gasteiger partial charge is 0.308 e. The van der Waals surface area contributed by atoms with Crippen LogP contribution in [0.25, 0.3) is 0 Å². The highest BCUT2D eigenvalue weighted by Gasteiger charge is 2.19. The summed E-state index contributed by atoms with van der Waals surface area (Å²) in [7, 11) is 0. The number of ether oxygens (including phenoxy) is 1. The maximum absolute atomic E-state index is 12.2. The molecular weight excluding hydrogens is 270 g/mol. The standard InChI is InChI=1S/C16H21NO4/c1-3-7-12(16(19)20)11-17-15(18)13-8-5-6-9-14(13)21-10-4-2/h4-6,8-9,12H,2-3,7,10-11H2,1H3,(H,17,18)(H,19,20). The molecule has 0 radical (unpaired) electrons.